The highest BCUT2D eigenvalue weighted by molar-refractivity contribution is 5.82. The van der Waals surface area contributed by atoms with Gasteiger partial charge in [-0.05, 0) is 101 Å². The van der Waals surface area contributed by atoms with Crippen molar-refractivity contribution >= 4 is 11.9 Å². The quantitative estimate of drug-likeness (QED) is 0.0517. The van der Waals surface area contributed by atoms with Gasteiger partial charge in [0.1, 0.15) is 86.5 Å². The summed E-state index contributed by atoms with van der Waals surface area (Å²) in [6.45, 7) is -2.01. The average molecular weight is 1090 g/mol. The molecule has 0 aromatic carbocycles. The molecule has 0 radical (unpaired) electrons. The van der Waals surface area contributed by atoms with Gasteiger partial charge in [-0.3, -0.25) is 0 Å². The molecular formula is C51H80O25. The SMILES string of the molecule is O=C(C=CC1CCC(O)CC1)OC[C@H]1O[C@@H](O[C@H]2[C@H](OC3CC4C(CC(O)CC4O[C@@H]4O[C@H](CO)[C@@H](O)[C@H](O)[C@H]4O)OC3C3CCC(O)C(O)C3)O[C@H](COC(=O)C=CC3CCC(O)CC3)[C@@H](O)[C@@H]2O)[C@H](O)[C@@H](O)[C@@H]1O. The van der Waals surface area contributed by atoms with Gasteiger partial charge in [0.2, 0.25) is 0 Å². The van der Waals surface area contributed by atoms with E-state index in [4.69, 9.17) is 42.6 Å². The van der Waals surface area contributed by atoms with Crippen LogP contribution in [-0.4, -0.2) is 250 Å². The zero-order chi connectivity index (χ0) is 54.5. The van der Waals surface area contributed by atoms with Gasteiger partial charge >= 0.3 is 11.9 Å². The maximum Gasteiger partial charge on any atom is 0.330 e. The maximum absolute atomic E-state index is 13.0. The van der Waals surface area contributed by atoms with Crippen LogP contribution >= 0.6 is 0 Å². The van der Waals surface area contributed by atoms with Crippen molar-refractivity contribution in [2.24, 2.45) is 23.7 Å². The fourth-order valence-electron chi connectivity index (χ4n) is 12.1. The number of aliphatic hydroxyl groups is 14. The number of allylic oxidation sites excluding steroid dienone is 2. The van der Waals surface area contributed by atoms with Crippen molar-refractivity contribution < 1.29 is 124 Å². The standard InChI is InChI=1S/C51H80O25/c52-19-34-39(60)42(63)45(66)49(73-34)71-32-17-27(55)16-31-28(32)18-33(47(70-31)24-7-12-29(56)30(57)15-24)72-51-48(44(65)41(62)36(75-51)21-69-38(59)14-6-23-3-10-26(54)11-4-23)76-50-46(67)43(64)40(61)35(74-50)20-68-37(58)13-5-22-1-8-25(53)9-2-22/h5-6,13-14,22-36,39-57,60-67H,1-4,7-12,15-21H2/t22?,23?,24?,25?,26?,27?,28?,29?,30?,31?,32?,33?,34-,35-,36-,39-,40-,41-,42+,43+,44+,45-,46-,47?,48-,49-,50+,51-/m1/s1. The fraction of sp³-hybridized carbons (Fsp3) is 0.882. The van der Waals surface area contributed by atoms with Gasteiger partial charge in [0.15, 0.2) is 18.9 Å². The number of ether oxygens (including phenoxy) is 9. The molecule has 4 saturated heterocycles. The Morgan fingerprint density at radius 2 is 0.947 bits per heavy atom. The van der Waals surface area contributed by atoms with Crippen LogP contribution in [0.5, 0.6) is 0 Å². The van der Waals surface area contributed by atoms with E-state index in [2.05, 4.69) is 0 Å². The molecule has 76 heavy (non-hydrogen) atoms. The fourth-order valence-corrected chi connectivity index (χ4v) is 12.1. The molecule has 0 amide bonds. The van der Waals surface area contributed by atoms with Crippen molar-refractivity contribution in [1.29, 1.82) is 0 Å². The smallest absolute Gasteiger partial charge is 0.330 e. The van der Waals surface area contributed by atoms with Crippen LogP contribution in [0.15, 0.2) is 24.3 Å². The normalized spacial score (nSPS) is 48.6. The summed E-state index contributed by atoms with van der Waals surface area (Å²) in [6, 6.07) is 0. The van der Waals surface area contributed by atoms with E-state index in [1.165, 1.54) is 12.2 Å². The highest BCUT2D eigenvalue weighted by atomic mass is 16.8. The number of rotatable bonds is 16. The minimum absolute atomic E-state index is 0.00872. The molecule has 0 bridgehead atoms. The zero-order valence-electron chi connectivity index (χ0n) is 42.2. The molecular weight excluding hydrogens is 1010 g/mol. The van der Waals surface area contributed by atoms with Crippen LogP contribution in [0.4, 0.5) is 0 Å². The first kappa shape index (κ1) is 59.7. The molecule has 4 aliphatic heterocycles. The van der Waals surface area contributed by atoms with Crippen LogP contribution in [0.1, 0.15) is 89.9 Å². The second-order valence-electron chi connectivity index (χ2n) is 22.2. The molecule has 434 valence electrons. The molecule has 14 N–H and O–H groups in total. The molecule has 25 nitrogen and oxygen atoms in total. The van der Waals surface area contributed by atoms with Crippen LogP contribution in [0.25, 0.3) is 0 Å². The van der Waals surface area contributed by atoms with Gasteiger partial charge in [-0.1, -0.05) is 12.2 Å². The molecule has 0 aromatic heterocycles. The van der Waals surface area contributed by atoms with Crippen molar-refractivity contribution in [2.75, 3.05) is 19.8 Å². The molecule has 8 fully saturated rings. The van der Waals surface area contributed by atoms with Crippen molar-refractivity contribution in [3.63, 3.8) is 0 Å². The van der Waals surface area contributed by atoms with Gasteiger partial charge < -0.3 is 114 Å². The third-order valence-corrected chi connectivity index (χ3v) is 16.8. The van der Waals surface area contributed by atoms with E-state index in [9.17, 15) is 81.1 Å². The van der Waals surface area contributed by atoms with Crippen LogP contribution in [0.2, 0.25) is 0 Å². The van der Waals surface area contributed by atoms with Gasteiger partial charge in [-0.2, -0.15) is 0 Å². The van der Waals surface area contributed by atoms with Crippen LogP contribution in [0.3, 0.4) is 0 Å². The molecule has 8 rings (SSSR count). The monoisotopic (exact) mass is 1090 g/mol. The molecule has 8 aliphatic rings. The van der Waals surface area contributed by atoms with Gasteiger partial charge in [-0.15, -0.1) is 0 Å². The molecule has 4 heterocycles. The van der Waals surface area contributed by atoms with Crippen LogP contribution in [-0.2, 0) is 52.2 Å². The van der Waals surface area contributed by atoms with Crippen LogP contribution in [0, 0.1) is 23.7 Å². The van der Waals surface area contributed by atoms with Crippen molar-refractivity contribution in [2.45, 2.75) is 237 Å². The molecule has 4 saturated carbocycles. The van der Waals surface area contributed by atoms with E-state index in [1.807, 2.05) is 0 Å². The minimum atomic E-state index is -2.03. The molecule has 0 spiro atoms. The molecule has 4 aliphatic carbocycles. The second kappa shape index (κ2) is 26.9. The van der Waals surface area contributed by atoms with Gasteiger partial charge in [0, 0.05) is 24.5 Å². The van der Waals surface area contributed by atoms with E-state index in [-0.39, 0.29) is 43.9 Å². The molecule has 24 atom stereocenters. The number of carbonyl (C=O) groups excluding carboxylic acids is 2. The number of carbonyl (C=O) groups is 2. The Morgan fingerprint density at radius 3 is 1.50 bits per heavy atom. The summed E-state index contributed by atoms with van der Waals surface area (Å²) in [6.07, 6.45) is -23.1. The first-order chi connectivity index (χ1) is 36.3. The van der Waals surface area contributed by atoms with Crippen molar-refractivity contribution in [1.82, 2.24) is 0 Å². The van der Waals surface area contributed by atoms with Gasteiger partial charge in [-0.25, -0.2) is 9.59 Å². The maximum atomic E-state index is 13.0. The van der Waals surface area contributed by atoms with E-state index >= 15 is 0 Å². The summed E-state index contributed by atoms with van der Waals surface area (Å²) >= 11 is 0. The number of fused-ring (bicyclic) bond motifs is 1. The van der Waals surface area contributed by atoms with Gasteiger partial charge in [0.25, 0.3) is 0 Å². The lowest BCUT2D eigenvalue weighted by atomic mass is 9.72. The second-order valence-corrected chi connectivity index (χ2v) is 22.2. The summed E-state index contributed by atoms with van der Waals surface area (Å²) in [4.78, 5) is 25.8. The predicted molar refractivity (Wildman–Crippen MR) is 253 cm³/mol. The van der Waals surface area contributed by atoms with E-state index in [0.29, 0.717) is 57.8 Å². The number of esters is 2. The summed E-state index contributed by atoms with van der Waals surface area (Å²) in [5.41, 5.74) is 0. The minimum Gasteiger partial charge on any atom is -0.460 e. The van der Waals surface area contributed by atoms with Crippen molar-refractivity contribution in [3.8, 4) is 0 Å². The molecule has 9 unspecified atom stereocenters. The Hall–Kier alpha value is -2.42. The lowest BCUT2D eigenvalue weighted by Crippen LogP contribution is -2.66. The Bertz CT molecular complexity index is 1900. The predicted octanol–water partition coefficient (Wildman–Crippen LogP) is -4.05. The third-order valence-electron chi connectivity index (χ3n) is 16.8. The van der Waals surface area contributed by atoms with E-state index < -0.39 is 191 Å². The average Bonchev–Trinajstić information content (AvgIpc) is 3.40. The molecule has 25 heteroatoms. The van der Waals surface area contributed by atoms with Gasteiger partial charge in [0.05, 0.1) is 61.5 Å². The number of aliphatic hydroxyl groups excluding tert-OH is 14. The third kappa shape index (κ3) is 14.5. The number of hydrogen-bond donors (Lipinski definition) is 14. The summed E-state index contributed by atoms with van der Waals surface area (Å²) < 4.78 is 54.7. The molecule has 0 aromatic rings. The Morgan fingerprint density at radius 1 is 0.447 bits per heavy atom. The highest BCUT2D eigenvalue weighted by Gasteiger charge is 2.56. The van der Waals surface area contributed by atoms with Crippen LogP contribution < -0.4 is 0 Å². The zero-order valence-corrected chi connectivity index (χ0v) is 42.2. The first-order valence-corrected chi connectivity index (χ1v) is 27.0. The highest BCUT2D eigenvalue weighted by Crippen LogP contribution is 2.45. The van der Waals surface area contributed by atoms with E-state index in [1.54, 1.807) is 12.2 Å². The Labute approximate surface area is 439 Å². The summed E-state index contributed by atoms with van der Waals surface area (Å²) in [7, 11) is 0. The van der Waals surface area contributed by atoms with Crippen molar-refractivity contribution in [3.05, 3.63) is 24.3 Å². The lowest BCUT2D eigenvalue weighted by molar-refractivity contribution is -0.380. The van der Waals surface area contributed by atoms with E-state index in [0.717, 1.165) is 0 Å². The number of hydrogen-bond acceptors (Lipinski definition) is 25. The Balaban J connectivity index is 1.04. The first-order valence-electron chi connectivity index (χ1n) is 27.0. The Kier molecular flexibility index (Phi) is 21.1. The largest absolute Gasteiger partial charge is 0.460 e. The summed E-state index contributed by atoms with van der Waals surface area (Å²) in [5.74, 6) is -2.78. The summed E-state index contributed by atoms with van der Waals surface area (Å²) in [5, 5.41) is 151. The lowest BCUT2D eigenvalue weighted by Gasteiger charge is -2.53. The topological polar surface area (TPSA) is 400 Å².